The third kappa shape index (κ3) is 2.80. The Kier molecular flexibility index (Phi) is 4.05. The molecule has 88 valence electrons. The molecule has 0 radical (unpaired) electrons. The standard InChI is InChI=1S/C12H9BrCl2N2/c13-10-3-4-11(17-12(10)15)9-5-8(14)2-1-7(9)6-16/h1-5H,6,16H2. The van der Waals surface area contributed by atoms with Gasteiger partial charge < -0.3 is 5.73 Å². The van der Waals surface area contributed by atoms with Gasteiger partial charge in [0.1, 0.15) is 5.15 Å². The number of pyridine rings is 1. The van der Waals surface area contributed by atoms with Crippen LogP contribution in [0.2, 0.25) is 10.2 Å². The van der Waals surface area contributed by atoms with Crippen molar-refractivity contribution < 1.29 is 0 Å². The molecule has 0 atom stereocenters. The van der Waals surface area contributed by atoms with Crippen molar-refractivity contribution in [3.05, 3.63) is 50.5 Å². The van der Waals surface area contributed by atoms with Crippen LogP contribution in [0.4, 0.5) is 0 Å². The van der Waals surface area contributed by atoms with Gasteiger partial charge in [0.25, 0.3) is 0 Å². The van der Waals surface area contributed by atoms with Crippen LogP contribution in [0.1, 0.15) is 5.56 Å². The molecule has 5 heteroatoms. The Morgan fingerprint density at radius 2 is 1.94 bits per heavy atom. The van der Waals surface area contributed by atoms with E-state index in [1.54, 1.807) is 0 Å². The molecular formula is C12H9BrCl2N2. The maximum atomic E-state index is 5.98. The fourth-order valence-electron chi connectivity index (χ4n) is 1.53. The van der Waals surface area contributed by atoms with Gasteiger partial charge in [-0.3, -0.25) is 0 Å². The van der Waals surface area contributed by atoms with Gasteiger partial charge in [0.15, 0.2) is 0 Å². The van der Waals surface area contributed by atoms with E-state index in [0.29, 0.717) is 16.7 Å². The van der Waals surface area contributed by atoms with Gasteiger partial charge >= 0.3 is 0 Å². The monoisotopic (exact) mass is 330 g/mol. The molecule has 0 bridgehead atoms. The third-order valence-electron chi connectivity index (χ3n) is 2.37. The molecule has 0 amide bonds. The van der Waals surface area contributed by atoms with E-state index >= 15 is 0 Å². The first-order valence-corrected chi connectivity index (χ1v) is 6.47. The van der Waals surface area contributed by atoms with Crippen LogP contribution in [0, 0.1) is 0 Å². The summed E-state index contributed by atoms with van der Waals surface area (Å²) in [7, 11) is 0. The second-order valence-electron chi connectivity index (χ2n) is 3.47. The van der Waals surface area contributed by atoms with E-state index in [9.17, 15) is 0 Å². The molecule has 0 aliphatic rings. The van der Waals surface area contributed by atoms with E-state index in [2.05, 4.69) is 20.9 Å². The molecule has 2 N–H and O–H groups in total. The molecule has 0 aliphatic heterocycles. The minimum absolute atomic E-state index is 0.422. The zero-order valence-electron chi connectivity index (χ0n) is 8.75. The maximum Gasteiger partial charge on any atom is 0.143 e. The Hall–Kier alpha value is -0.610. The summed E-state index contributed by atoms with van der Waals surface area (Å²) in [4.78, 5) is 4.30. The lowest BCUT2D eigenvalue weighted by molar-refractivity contribution is 1.07. The minimum atomic E-state index is 0.422. The molecule has 0 unspecified atom stereocenters. The number of nitrogens with two attached hydrogens (primary N) is 1. The summed E-state index contributed by atoms with van der Waals surface area (Å²) in [6.45, 7) is 0.432. The predicted octanol–water partition coefficient (Wildman–Crippen LogP) is 4.28. The van der Waals surface area contributed by atoms with Crippen LogP contribution in [-0.2, 0) is 6.54 Å². The number of hydrogen-bond acceptors (Lipinski definition) is 2. The van der Waals surface area contributed by atoms with E-state index in [4.69, 9.17) is 28.9 Å². The van der Waals surface area contributed by atoms with Crippen molar-refractivity contribution in [1.82, 2.24) is 4.98 Å². The van der Waals surface area contributed by atoms with Crippen molar-refractivity contribution >= 4 is 39.1 Å². The van der Waals surface area contributed by atoms with Crippen LogP contribution >= 0.6 is 39.1 Å². The summed E-state index contributed by atoms with van der Waals surface area (Å²) in [5.41, 5.74) is 8.36. The van der Waals surface area contributed by atoms with Crippen LogP contribution in [0.25, 0.3) is 11.3 Å². The highest BCUT2D eigenvalue weighted by Crippen LogP contribution is 2.29. The van der Waals surface area contributed by atoms with E-state index in [1.165, 1.54) is 0 Å². The van der Waals surface area contributed by atoms with Gasteiger partial charge in [-0.2, -0.15) is 0 Å². The van der Waals surface area contributed by atoms with E-state index in [1.807, 2.05) is 30.3 Å². The van der Waals surface area contributed by atoms with Gasteiger partial charge in [0, 0.05) is 17.1 Å². The molecule has 0 aliphatic carbocycles. The third-order valence-corrected chi connectivity index (χ3v) is 3.76. The zero-order valence-corrected chi connectivity index (χ0v) is 11.9. The molecule has 0 fully saturated rings. The normalized spacial score (nSPS) is 10.6. The summed E-state index contributed by atoms with van der Waals surface area (Å²) >= 11 is 15.3. The lowest BCUT2D eigenvalue weighted by Gasteiger charge is -2.08. The summed E-state index contributed by atoms with van der Waals surface area (Å²) < 4.78 is 0.763. The average Bonchev–Trinajstić information content (AvgIpc) is 2.32. The van der Waals surface area contributed by atoms with Crippen molar-refractivity contribution in [2.75, 3.05) is 0 Å². The molecule has 1 aromatic heterocycles. The lowest BCUT2D eigenvalue weighted by Crippen LogP contribution is -1.99. The minimum Gasteiger partial charge on any atom is -0.326 e. The quantitative estimate of drug-likeness (QED) is 0.834. The lowest BCUT2D eigenvalue weighted by atomic mass is 10.0. The van der Waals surface area contributed by atoms with Gasteiger partial charge in [0.05, 0.1) is 10.2 Å². The second kappa shape index (κ2) is 5.36. The maximum absolute atomic E-state index is 5.98. The van der Waals surface area contributed by atoms with Gasteiger partial charge in [-0.05, 0) is 45.8 Å². The Morgan fingerprint density at radius 1 is 1.18 bits per heavy atom. The van der Waals surface area contributed by atoms with Gasteiger partial charge in [-0.25, -0.2) is 4.98 Å². The highest BCUT2D eigenvalue weighted by atomic mass is 79.9. The first-order valence-electron chi connectivity index (χ1n) is 4.92. The van der Waals surface area contributed by atoms with Crippen LogP contribution in [-0.4, -0.2) is 4.98 Å². The molecule has 0 saturated heterocycles. The predicted molar refractivity (Wildman–Crippen MR) is 75.3 cm³/mol. The number of nitrogens with zero attached hydrogens (tertiary/aromatic N) is 1. The number of halogens is 3. The van der Waals surface area contributed by atoms with Crippen LogP contribution in [0.5, 0.6) is 0 Å². The summed E-state index contributed by atoms with van der Waals surface area (Å²) in [5.74, 6) is 0. The summed E-state index contributed by atoms with van der Waals surface area (Å²) in [6, 6.07) is 9.28. The van der Waals surface area contributed by atoms with Crippen molar-refractivity contribution in [3.63, 3.8) is 0 Å². The molecule has 1 aromatic carbocycles. The number of benzene rings is 1. The van der Waals surface area contributed by atoms with Crippen molar-refractivity contribution in [3.8, 4) is 11.3 Å². The van der Waals surface area contributed by atoms with Gasteiger partial charge in [-0.1, -0.05) is 29.3 Å². The zero-order chi connectivity index (χ0) is 12.4. The first kappa shape index (κ1) is 12.8. The molecule has 2 rings (SSSR count). The number of hydrogen-bond donors (Lipinski definition) is 1. The molecule has 2 aromatic rings. The fraction of sp³-hybridized carbons (Fsp3) is 0.0833. The van der Waals surface area contributed by atoms with Crippen molar-refractivity contribution in [2.45, 2.75) is 6.54 Å². The van der Waals surface area contributed by atoms with Crippen molar-refractivity contribution in [2.24, 2.45) is 5.73 Å². The molecule has 17 heavy (non-hydrogen) atoms. The van der Waals surface area contributed by atoms with Crippen LogP contribution in [0.15, 0.2) is 34.8 Å². The Labute approximate surface area is 118 Å². The largest absolute Gasteiger partial charge is 0.326 e. The molecule has 2 nitrogen and oxygen atoms in total. The fourth-order valence-corrected chi connectivity index (χ4v) is 2.08. The second-order valence-corrected chi connectivity index (χ2v) is 5.12. The van der Waals surface area contributed by atoms with E-state index < -0.39 is 0 Å². The topological polar surface area (TPSA) is 38.9 Å². The highest BCUT2D eigenvalue weighted by Gasteiger charge is 2.08. The Morgan fingerprint density at radius 3 is 2.59 bits per heavy atom. The molecule has 0 saturated carbocycles. The molecule has 1 heterocycles. The average molecular weight is 332 g/mol. The smallest absolute Gasteiger partial charge is 0.143 e. The summed E-state index contributed by atoms with van der Waals surface area (Å²) in [5, 5.41) is 1.07. The molecular weight excluding hydrogens is 323 g/mol. The number of rotatable bonds is 2. The highest BCUT2D eigenvalue weighted by molar-refractivity contribution is 9.10. The van der Waals surface area contributed by atoms with Crippen molar-refractivity contribution in [1.29, 1.82) is 0 Å². The van der Waals surface area contributed by atoms with Crippen LogP contribution < -0.4 is 5.73 Å². The van der Waals surface area contributed by atoms with Gasteiger partial charge in [-0.15, -0.1) is 0 Å². The Bertz CT molecular complexity index is 558. The van der Waals surface area contributed by atoms with Gasteiger partial charge in [0.2, 0.25) is 0 Å². The summed E-state index contributed by atoms with van der Waals surface area (Å²) in [6.07, 6.45) is 0. The molecule has 0 spiro atoms. The first-order chi connectivity index (χ1) is 8.11. The van der Waals surface area contributed by atoms with E-state index in [-0.39, 0.29) is 0 Å². The van der Waals surface area contributed by atoms with Crippen LogP contribution in [0.3, 0.4) is 0 Å². The SMILES string of the molecule is NCc1ccc(Cl)cc1-c1ccc(Br)c(Cl)n1. The van der Waals surface area contributed by atoms with E-state index in [0.717, 1.165) is 21.3 Å². The Balaban J connectivity index is 2.58. The number of aromatic nitrogens is 1.